The van der Waals surface area contributed by atoms with Crippen LogP contribution in [-0.4, -0.2) is 17.6 Å². The Balaban J connectivity index is 1.60. The third-order valence-electron chi connectivity index (χ3n) is 7.99. The van der Waals surface area contributed by atoms with Gasteiger partial charge in [-0.25, -0.2) is 4.90 Å². The number of carbonyl (C=O) groups excluding carboxylic acids is 3. The first kappa shape index (κ1) is 20.1. The van der Waals surface area contributed by atoms with Crippen LogP contribution in [0.25, 0.3) is 0 Å². The van der Waals surface area contributed by atoms with Crippen LogP contribution in [-0.2, 0) is 19.8 Å². The Morgan fingerprint density at radius 3 is 1.88 bits per heavy atom. The lowest BCUT2D eigenvalue weighted by Crippen LogP contribution is -2.57. The summed E-state index contributed by atoms with van der Waals surface area (Å²) in [5.74, 6) is -1.77. The number of hydrogen-bond donors (Lipinski definition) is 0. The molecule has 0 radical (unpaired) electrons. The molecule has 0 N–H and O–H groups in total. The molecule has 2 atom stereocenters. The maximum atomic E-state index is 14.0. The largest absolute Gasteiger partial charge is 0.299 e. The predicted molar refractivity (Wildman–Crippen MR) is 126 cm³/mol. The van der Waals surface area contributed by atoms with E-state index >= 15 is 0 Å². The first-order valence-corrected chi connectivity index (χ1v) is 11.6. The summed E-state index contributed by atoms with van der Waals surface area (Å²) in [5.41, 5.74) is 4.31. The molecule has 164 valence electrons. The SMILES string of the molecule is CC(=O)C12c3ccccc3C(c3ccccc31)C1C(=O)N(c3ccc(C(C)C)cc3)C(=O)C12. The first-order chi connectivity index (χ1) is 15.9. The lowest BCUT2D eigenvalue weighted by Gasteiger charge is -2.52. The molecule has 33 heavy (non-hydrogen) atoms. The second-order valence-electron chi connectivity index (χ2n) is 9.78. The summed E-state index contributed by atoms with van der Waals surface area (Å²) >= 11 is 0. The summed E-state index contributed by atoms with van der Waals surface area (Å²) in [7, 11) is 0. The number of Topliss-reactive ketones (excluding diaryl/α,β-unsaturated/α-hetero) is 1. The summed E-state index contributed by atoms with van der Waals surface area (Å²) in [4.78, 5) is 42.9. The number of ketones is 1. The third kappa shape index (κ3) is 2.33. The fourth-order valence-corrected chi connectivity index (χ4v) is 6.63. The molecule has 1 saturated heterocycles. The number of rotatable bonds is 3. The molecule has 2 amide bonds. The van der Waals surface area contributed by atoms with Gasteiger partial charge >= 0.3 is 0 Å². The van der Waals surface area contributed by atoms with E-state index in [1.54, 1.807) is 6.92 Å². The molecule has 1 fully saturated rings. The highest BCUT2D eigenvalue weighted by atomic mass is 16.2. The number of anilines is 1. The van der Waals surface area contributed by atoms with Gasteiger partial charge in [0.25, 0.3) is 0 Å². The molecule has 3 aliphatic carbocycles. The molecule has 0 saturated carbocycles. The zero-order valence-corrected chi connectivity index (χ0v) is 18.9. The van der Waals surface area contributed by atoms with E-state index in [-0.39, 0.29) is 23.5 Å². The summed E-state index contributed by atoms with van der Waals surface area (Å²) in [6, 6.07) is 23.4. The van der Waals surface area contributed by atoms with Crippen molar-refractivity contribution in [1.29, 1.82) is 0 Å². The summed E-state index contributed by atoms with van der Waals surface area (Å²) in [6.45, 7) is 5.78. The van der Waals surface area contributed by atoms with E-state index in [9.17, 15) is 14.4 Å². The zero-order chi connectivity index (χ0) is 23.1. The summed E-state index contributed by atoms with van der Waals surface area (Å²) < 4.78 is 0. The lowest BCUT2D eigenvalue weighted by atomic mass is 9.46. The fourth-order valence-electron chi connectivity index (χ4n) is 6.63. The number of nitrogens with zero attached hydrogens (tertiary/aromatic N) is 1. The van der Waals surface area contributed by atoms with Crippen LogP contribution in [0, 0.1) is 11.8 Å². The van der Waals surface area contributed by atoms with Crippen molar-refractivity contribution in [2.75, 3.05) is 4.90 Å². The van der Waals surface area contributed by atoms with Crippen LogP contribution in [0.2, 0.25) is 0 Å². The monoisotopic (exact) mass is 435 g/mol. The van der Waals surface area contributed by atoms with Crippen LogP contribution in [0.5, 0.6) is 0 Å². The summed E-state index contributed by atoms with van der Waals surface area (Å²) in [5, 5.41) is 0. The van der Waals surface area contributed by atoms with Gasteiger partial charge in [0.1, 0.15) is 5.78 Å². The normalized spacial score (nSPS) is 26.9. The Labute approximate surface area is 193 Å². The van der Waals surface area contributed by atoms with Gasteiger partial charge in [0, 0.05) is 5.92 Å². The predicted octanol–water partition coefficient (Wildman–Crippen LogP) is 4.95. The molecule has 2 bridgehead atoms. The van der Waals surface area contributed by atoms with Gasteiger partial charge in [-0.15, -0.1) is 0 Å². The Morgan fingerprint density at radius 2 is 1.36 bits per heavy atom. The summed E-state index contributed by atoms with van der Waals surface area (Å²) in [6.07, 6.45) is 0. The average molecular weight is 436 g/mol. The number of benzene rings is 3. The Morgan fingerprint density at radius 1 is 0.818 bits per heavy atom. The maximum Gasteiger partial charge on any atom is 0.239 e. The molecule has 0 spiro atoms. The number of carbonyl (C=O) groups is 3. The van der Waals surface area contributed by atoms with Gasteiger partial charge in [-0.05, 0) is 52.8 Å². The van der Waals surface area contributed by atoms with Crippen molar-refractivity contribution >= 4 is 23.3 Å². The molecule has 7 rings (SSSR count). The zero-order valence-electron chi connectivity index (χ0n) is 18.9. The van der Waals surface area contributed by atoms with Gasteiger partial charge in [-0.2, -0.15) is 0 Å². The van der Waals surface area contributed by atoms with Gasteiger partial charge in [0.2, 0.25) is 11.8 Å². The highest BCUT2D eigenvalue weighted by Crippen LogP contribution is 2.64. The molecule has 2 unspecified atom stereocenters. The van der Waals surface area contributed by atoms with Crippen molar-refractivity contribution < 1.29 is 14.4 Å². The van der Waals surface area contributed by atoms with E-state index in [0.29, 0.717) is 11.6 Å². The number of amides is 2. The minimum Gasteiger partial charge on any atom is -0.299 e. The van der Waals surface area contributed by atoms with Crippen LogP contribution >= 0.6 is 0 Å². The number of imide groups is 1. The van der Waals surface area contributed by atoms with E-state index in [1.165, 1.54) is 4.90 Å². The molecule has 4 aliphatic rings. The molecular formula is C29H25NO3. The molecule has 3 aromatic carbocycles. The average Bonchev–Trinajstić information content (AvgIpc) is 3.09. The molecule has 1 aliphatic heterocycles. The number of hydrogen-bond acceptors (Lipinski definition) is 3. The van der Waals surface area contributed by atoms with Crippen molar-refractivity contribution in [3.8, 4) is 0 Å². The van der Waals surface area contributed by atoms with E-state index < -0.39 is 17.3 Å². The topological polar surface area (TPSA) is 54.5 Å². The van der Waals surface area contributed by atoms with Crippen LogP contribution in [0.1, 0.15) is 60.4 Å². The Kier molecular flexibility index (Phi) is 4.10. The first-order valence-electron chi connectivity index (χ1n) is 11.6. The molecule has 3 aromatic rings. The van der Waals surface area contributed by atoms with Gasteiger partial charge in [0.05, 0.1) is 22.9 Å². The third-order valence-corrected chi connectivity index (χ3v) is 7.99. The fraction of sp³-hybridized carbons (Fsp3) is 0.276. The highest BCUT2D eigenvalue weighted by molar-refractivity contribution is 6.25. The molecular weight excluding hydrogens is 410 g/mol. The molecule has 4 heteroatoms. The van der Waals surface area contributed by atoms with Gasteiger partial charge in [0.15, 0.2) is 0 Å². The van der Waals surface area contributed by atoms with Crippen molar-refractivity contribution in [3.05, 3.63) is 101 Å². The minimum atomic E-state index is -1.15. The molecule has 1 heterocycles. The van der Waals surface area contributed by atoms with Gasteiger partial charge < -0.3 is 0 Å². The van der Waals surface area contributed by atoms with E-state index in [2.05, 4.69) is 13.8 Å². The van der Waals surface area contributed by atoms with Crippen LogP contribution < -0.4 is 4.90 Å². The van der Waals surface area contributed by atoms with E-state index in [0.717, 1.165) is 27.8 Å². The van der Waals surface area contributed by atoms with Crippen LogP contribution in [0.3, 0.4) is 0 Å². The molecule has 0 aromatic heterocycles. The van der Waals surface area contributed by atoms with E-state index in [4.69, 9.17) is 0 Å². The van der Waals surface area contributed by atoms with Crippen LogP contribution in [0.4, 0.5) is 5.69 Å². The second-order valence-corrected chi connectivity index (χ2v) is 9.78. The standard InChI is InChI=1S/C29H25NO3/c1-16(2)18-12-14-19(15-13-18)30-27(32)25-24-20-8-4-6-10-22(20)29(17(3)31,26(25)28(30)33)23-11-7-5-9-21(23)24/h4-16,24-26H,1-3H3. The Hall–Kier alpha value is -3.53. The van der Waals surface area contributed by atoms with Crippen molar-refractivity contribution in [3.63, 3.8) is 0 Å². The van der Waals surface area contributed by atoms with Crippen molar-refractivity contribution in [2.45, 2.75) is 38.0 Å². The van der Waals surface area contributed by atoms with E-state index in [1.807, 2.05) is 72.8 Å². The quantitative estimate of drug-likeness (QED) is 0.547. The smallest absolute Gasteiger partial charge is 0.239 e. The van der Waals surface area contributed by atoms with Crippen LogP contribution in [0.15, 0.2) is 72.8 Å². The second kappa shape index (κ2) is 6.74. The highest BCUT2D eigenvalue weighted by Gasteiger charge is 2.69. The van der Waals surface area contributed by atoms with Gasteiger partial charge in [-0.1, -0.05) is 74.5 Å². The maximum absolute atomic E-state index is 14.0. The lowest BCUT2D eigenvalue weighted by molar-refractivity contribution is -0.132. The van der Waals surface area contributed by atoms with Crippen molar-refractivity contribution in [2.24, 2.45) is 11.8 Å². The van der Waals surface area contributed by atoms with Crippen molar-refractivity contribution in [1.82, 2.24) is 0 Å². The minimum absolute atomic E-state index is 0.0892. The Bertz CT molecular complexity index is 1290. The van der Waals surface area contributed by atoms with Gasteiger partial charge in [-0.3, -0.25) is 14.4 Å². The molecule has 4 nitrogen and oxygen atoms in total.